The highest BCUT2D eigenvalue weighted by atomic mass is 35.5. The van der Waals surface area contributed by atoms with Crippen molar-refractivity contribution in [3.05, 3.63) is 63.4 Å². The van der Waals surface area contributed by atoms with Gasteiger partial charge in [-0.3, -0.25) is 0 Å². The van der Waals surface area contributed by atoms with Crippen molar-refractivity contribution in [3.63, 3.8) is 0 Å². The molecular formula is C16H15ClFNO2. The van der Waals surface area contributed by atoms with Crippen molar-refractivity contribution in [3.8, 4) is 0 Å². The molecule has 0 unspecified atom stereocenters. The van der Waals surface area contributed by atoms with E-state index in [9.17, 15) is 9.18 Å². The molecule has 0 amide bonds. The first kappa shape index (κ1) is 15.3. The molecule has 0 atom stereocenters. The number of carbonyl (C=O) groups excluding carboxylic acids is 1. The predicted octanol–water partition coefficient (Wildman–Crippen LogP) is 4.04. The second-order valence-electron chi connectivity index (χ2n) is 4.87. The summed E-state index contributed by atoms with van der Waals surface area (Å²) in [6, 6.07) is 8.13. The second kappa shape index (κ2) is 6.14. The van der Waals surface area contributed by atoms with Gasteiger partial charge in [-0.1, -0.05) is 23.7 Å². The van der Waals surface area contributed by atoms with Crippen molar-refractivity contribution in [2.24, 2.45) is 0 Å². The van der Waals surface area contributed by atoms with Crippen molar-refractivity contribution in [1.82, 2.24) is 0 Å². The van der Waals surface area contributed by atoms with Gasteiger partial charge in [-0.2, -0.15) is 0 Å². The van der Waals surface area contributed by atoms with E-state index < -0.39 is 11.8 Å². The molecule has 0 aliphatic rings. The maximum Gasteiger partial charge on any atom is 0.341 e. The Bertz CT molecular complexity index is 701. The molecule has 0 aromatic heterocycles. The third-order valence-electron chi connectivity index (χ3n) is 3.06. The second-order valence-corrected chi connectivity index (χ2v) is 5.28. The van der Waals surface area contributed by atoms with Crippen LogP contribution in [0.1, 0.15) is 27.0 Å². The van der Waals surface area contributed by atoms with Crippen LogP contribution >= 0.6 is 11.6 Å². The summed E-state index contributed by atoms with van der Waals surface area (Å²) >= 11 is 6.06. The molecule has 2 aromatic carbocycles. The Balaban J connectivity index is 2.15. The molecule has 3 nitrogen and oxygen atoms in total. The van der Waals surface area contributed by atoms with Crippen LogP contribution in [0, 0.1) is 19.7 Å². The molecule has 0 aliphatic heterocycles. The summed E-state index contributed by atoms with van der Waals surface area (Å²) in [5.74, 6) is -1.39. The Morgan fingerprint density at radius 2 is 2.00 bits per heavy atom. The molecule has 2 rings (SSSR count). The highest BCUT2D eigenvalue weighted by Gasteiger charge is 2.16. The zero-order chi connectivity index (χ0) is 15.6. The van der Waals surface area contributed by atoms with Gasteiger partial charge in [0.25, 0.3) is 0 Å². The van der Waals surface area contributed by atoms with Crippen LogP contribution in [0.2, 0.25) is 5.02 Å². The smallest absolute Gasteiger partial charge is 0.341 e. The average molecular weight is 308 g/mol. The molecular weight excluding hydrogens is 293 g/mol. The molecule has 0 heterocycles. The lowest BCUT2D eigenvalue weighted by Gasteiger charge is -2.09. The summed E-state index contributed by atoms with van der Waals surface area (Å²) < 4.78 is 19.0. The van der Waals surface area contributed by atoms with E-state index in [0.717, 1.165) is 5.56 Å². The van der Waals surface area contributed by atoms with Gasteiger partial charge in [0.15, 0.2) is 0 Å². The van der Waals surface area contributed by atoms with E-state index in [4.69, 9.17) is 22.1 Å². The minimum atomic E-state index is -0.764. The molecule has 5 heteroatoms. The van der Waals surface area contributed by atoms with Gasteiger partial charge in [-0.25, -0.2) is 9.18 Å². The Morgan fingerprint density at radius 1 is 1.29 bits per heavy atom. The molecule has 0 fully saturated rings. The first-order valence-electron chi connectivity index (χ1n) is 6.36. The standard InChI is InChI=1S/C16H15ClFNO2/c1-9-3-4-11(14(17)5-9)8-21-16(20)13-7-12(19)6-10(2)15(13)18/h3-7H,8,19H2,1-2H3. The van der Waals surface area contributed by atoms with Crippen molar-refractivity contribution >= 4 is 23.3 Å². The largest absolute Gasteiger partial charge is 0.457 e. The van der Waals surface area contributed by atoms with Crippen LogP contribution in [0.3, 0.4) is 0 Å². The number of ether oxygens (including phenoxy) is 1. The van der Waals surface area contributed by atoms with Gasteiger partial charge >= 0.3 is 5.97 Å². The highest BCUT2D eigenvalue weighted by molar-refractivity contribution is 6.31. The molecule has 0 bridgehead atoms. The van der Waals surface area contributed by atoms with Crippen LogP contribution in [0.5, 0.6) is 0 Å². The van der Waals surface area contributed by atoms with Crippen molar-refractivity contribution in [2.45, 2.75) is 20.5 Å². The van der Waals surface area contributed by atoms with E-state index >= 15 is 0 Å². The van der Waals surface area contributed by atoms with E-state index in [1.807, 2.05) is 13.0 Å². The number of carbonyl (C=O) groups is 1. The Hall–Kier alpha value is -2.07. The number of benzene rings is 2. The fourth-order valence-electron chi connectivity index (χ4n) is 1.94. The van der Waals surface area contributed by atoms with Crippen LogP contribution in [-0.2, 0) is 11.3 Å². The first-order chi connectivity index (χ1) is 9.88. The third-order valence-corrected chi connectivity index (χ3v) is 3.42. The fraction of sp³-hybridized carbons (Fsp3) is 0.188. The zero-order valence-electron chi connectivity index (χ0n) is 11.7. The van der Waals surface area contributed by atoms with Crippen molar-refractivity contribution in [1.29, 1.82) is 0 Å². The lowest BCUT2D eigenvalue weighted by Crippen LogP contribution is -2.09. The number of rotatable bonds is 3. The number of halogens is 2. The minimum absolute atomic E-state index is 0.0226. The number of hydrogen-bond acceptors (Lipinski definition) is 3. The summed E-state index contributed by atoms with van der Waals surface area (Å²) in [6.45, 7) is 3.43. The van der Waals surface area contributed by atoms with Gasteiger partial charge in [-0.15, -0.1) is 0 Å². The maximum atomic E-state index is 13.9. The number of aryl methyl sites for hydroxylation is 2. The van der Waals surface area contributed by atoms with Crippen LogP contribution in [0.25, 0.3) is 0 Å². The minimum Gasteiger partial charge on any atom is -0.457 e. The molecule has 2 N–H and O–H groups in total. The number of nitrogens with two attached hydrogens (primary N) is 1. The fourth-order valence-corrected chi connectivity index (χ4v) is 2.23. The van der Waals surface area contributed by atoms with Crippen molar-refractivity contribution in [2.75, 3.05) is 5.73 Å². The Morgan fingerprint density at radius 3 is 2.67 bits per heavy atom. The summed E-state index contributed by atoms with van der Waals surface area (Å²) in [6.07, 6.45) is 0. The summed E-state index contributed by atoms with van der Waals surface area (Å²) in [5, 5.41) is 0.507. The van der Waals surface area contributed by atoms with E-state index in [1.54, 1.807) is 19.1 Å². The number of esters is 1. The van der Waals surface area contributed by atoms with E-state index in [0.29, 0.717) is 21.8 Å². The summed E-state index contributed by atoms with van der Waals surface area (Å²) in [4.78, 5) is 12.0. The SMILES string of the molecule is Cc1ccc(COC(=O)c2cc(N)cc(C)c2F)c(Cl)c1. The van der Waals surface area contributed by atoms with Crippen LogP contribution in [-0.4, -0.2) is 5.97 Å². The average Bonchev–Trinajstić information content (AvgIpc) is 2.41. The van der Waals surface area contributed by atoms with E-state index in [2.05, 4.69) is 0 Å². The molecule has 0 saturated carbocycles. The van der Waals surface area contributed by atoms with Gasteiger partial charge in [0.2, 0.25) is 0 Å². The molecule has 21 heavy (non-hydrogen) atoms. The number of anilines is 1. The predicted molar refractivity (Wildman–Crippen MR) is 80.9 cm³/mol. The van der Waals surface area contributed by atoms with Gasteiger partial charge in [0, 0.05) is 16.3 Å². The van der Waals surface area contributed by atoms with Crippen LogP contribution < -0.4 is 5.73 Å². The third kappa shape index (κ3) is 3.52. The van der Waals surface area contributed by atoms with Gasteiger partial charge in [0.1, 0.15) is 12.4 Å². The summed E-state index contributed by atoms with van der Waals surface area (Å²) in [7, 11) is 0. The van der Waals surface area contributed by atoms with Gasteiger partial charge in [-0.05, 0) is 43.2 Å². The number of hydrogen-bond donors (Lipinski definition) is 1. The van der Waals surface area contributed by atoms with Crippen LogP contribution in [0.4, 0.5) is 10.1 Å². The van der Waals surface area contributed by atoms with Gasteiger partial charge < -0.3 is 10.5 Å². The molecule has 0 saturated heterocycles. The molecule has 0 spiro atoms. The number of nitrogen functional groups attached to an aromatic ring is 1. The molecule has 110 valence electrons. The lowest BCUT2D eigenvalue weighted by molar-refractivity contribution is 0.0467. The molecule has 0 aliphatic carbocycles. The quantitative estimate of drug-likeness (QED) is 0.688. The van der Waals surface area contributed by atoms with E-state index in [-0.39, 0.29) is 12.2 Å². The van der Waals surface area contributed by atoms with Crippen LogP contribution in [0.15, 0.2) is 30.3 Å². The highest BCUT2D eigenvalue weighted by Crippen LogP contribution is 2.21. The Kier molecular flexibility index (Phi) is 4.48. The topological polar surface area (TPSA) is 52.3 Å². The maximum absolute atomic E-state index is 13.9. The van der Waals surface area contributed by atoms with E-state index in [1.165, 1.54) is 12.1 Å². The normalized spacial score (nSPS) is 10.5. The Labute approximate surface area is 127 Å². The monoisotopic (exact) mass is 307 g/mol. The molecule has 0 radical (unpaired) electrons. The molecule has 2 aromatic rings. The zero-order valence-corrected chi connectivity index (χ0v) is 12.5. The summed E-state index contributed by atoms with van der Waals surface area (Å²) in [5.41, 5.74) is 7.73. The lowest BCUT2D eigenvalue weighted by atomic mass is 10.1. The first-order valence-corrected chi connectivity index (χ1v) is 6.74. The van der Waals surface area contributed by atoms with Crippen molar-refractivity contribution < 1.29 is 13.9 Å². The van der Waals surface area contributed by atoms with Gasteiger partial charge in [0.05, 0.1) is 5.56 Å².